The molecule has 3 unspecified atom stereocenters. The van der Waals surface area contributed by atoms with Crippen LogP contribution in [0.5, 0.6) is 0 Å². The highest BCUT2D eigenvalue weighted by Crippen LogP contribution is 2.45. The third-order valence-corrected chi connectivity index (χ3v) is 20.6. The van der Waals surface area contributed by atoms with Gasteiger partial charge in [0.1, 0.15) is 19.3 Å². The molecular formula is C79H154O17P2. The number of phosphoric acid groups is 2. The van der Waals surface area contributed by atoms with Crippen LogP contribution in [0.15, 0.2) is 0 Å². The zero-order valence-electron chi connectivity index (χ0n) is 64.4. The minimum Gasteiger partial charge on any atom is -0.462 e. The SMILES string of the molecule is CCC(C)CCCCCCCCC(=O)OC[C@H](COP(=O)(O)OC[C@H](O)COP(=O)(O)OC[C@@H](COC(=O)CCCCCCCCCCCCCCCC(C)C)OC(=O)CCCCCCCCCCCCCCCCC(C)C)OC(=O)CCCCCCCCCCCCCCC(C)C. The second-order valence-electron chi connectivity index (χ2n) is 30.1. The van der Waals surface area contributed by atoms with Gasteiger partial charge in [-0.25, -0.2) is 9.13 Å². The van der Waals surface area contributed by atoms with Crippen LogP contribution in [0.1, 0.15) is 402 Å². The zero-order chi connectivity index (χ0) is 72.4. The van der Waals surface area contributed by atoms with Gasteiger partial charge in [0, 0.05) is 25.7 Å². The summed E-state index contributed by atoms with van der Waals surface area (Å²) in [5.74, 6) is 0.977. The van der Waals surface area contributed by atoms with E-state index in [2.05, 4.69) is 55.4 Å². The summed E-state index contributed by atoms with van der Waals surface area (Å²) in [6.45, 7) is 14.2. The number of carbonyl (C=O) groups is 4. The molecule has 0 spiro atoms. The van der Waals surface area contributed by atoms with Gasteiger partial charge in [-0.15, -0.1) is 0 Å². The van der Waals surface area contributed by atoms with Crippen LogP contribution in [0.3, 0.4) is 0 Å². The molecule has 0 aromatic heterocycles. The molecular weight excluding hydrogens is 1280 g/mol. The van der Waals surface area contributed by atoms with Gasteiger partial charge in [0.25, 0.3) is 0 Å². The largest absolute Gasteiger partial charge is 0.472 e. The topological polar surface area (TPSA) is 237 Å². The van der Waals surface area contributed by atoms with Crippen LogP contribution in [0, 0.1) is 23.7 Å². The third kappa shape index (κ3) is 71.1. The molecule has 3 N–H and O–H groups in total. The molecule has 0 heterocycles. The first-order valence-corrected chi connectivity index (χ1v) is 43.7. The molecule has 0 aromatic rings. The van der Waals surface area contributed by atoms with Crippen molar-refractivity contribution in [3.8, 4) is 0 Å². The number of unbranched alkanes of at least 4 members (excludes halogenated alkanes) is 41. The van der Waals surface area contributed by atoms with Crippen molar-refractivity contribution in [1.29, 1.82) is 0 Å². The number of hydrogen-bond donors (Lipinski definition) is 3. The highest BCUT2D eigenvalue weighted by Gasteiger charge is 2.30. The van der Waals surface area contributed by atoms with Crippen molar-refractivity contribution in [2.24, 2.45) is 23.7 Å². The molecule has 17 nitrogen and oxygen atoms in total. The van der Waals surface area contributed by atoms with Gasteiger partial charge in [-0.1, -0.05) is 351 Å². The third-order valence-electron chi connectivity index (χ3n) is 18.7. The quantitative estimate of drug-likeness (QED) is 0.0222. The first kappa shape index (κ1) is 96.1. The Kier molecular flexibility index (Phi) is 66.8. The fourth-order valence-electron chi connectivity index (χ4n) is 12.0. The summed E-state index contributed by atoms with van der Waals surface area (Å²) < 4.78 is 68.7. The maximum Gasteiger partial charge on any atom is 0.472 e. The molecule has 0 radical (unpaired) electrons. The average Bonchev–Trinajstić information content (AvgIpc) is 0.973. The van der Waals surface area contributed by atoms with Gasteiger partial charge in [-0.2, -0.15) is 0 Å². The first-order valence-electron chi connectivity index (χ1n) is 40.7. The number of esters is 4. The van der Waals surface area contributed by atoms with Crippen molar-refractivity contribution in [2.75, 3.05) is 39.6 Å². The molecule has 0 aliphatic rings. The highest BCUT2D eigenvalue weighted by molar-refractivity contribution is 7.47. The Hall–Kier alpha value is -1.94. The Morgan fingerprint density at radius 2 is 0.490 bits per heavy atom. The summed E-state index contributed by atoms with van der Waals surface area (Å²) >= 11 is 0. The first-order chi connectivity index (χ1) is 47.1. The van der Waals surface area contributed by atoms with E-state index in [0.29, 0.717) is 25.7 Å². The number of rotatable bonds is 76. The molecule has 0 aliphatic heterocycles. The molecule has 0 saturated heterocycles. The molecule has 0 fully saturated rings. The number of carbonyl (C=O) groups excluding carboxylic acids is 4. The van der Waals surface area contributed by atoms with Crippen molar-refractivity contribution in [3.05, 3.63) is 0 Å². The van der Waals surface area contributed by atoms with E-state index in [1.807, 2.05) is 0 Å². The van der Waals surface area contributed by atoms with Gasteiger partial charge in [-0.05, 0) is 49.4 Å². The zero-order valence-corrected chi connectivity index (χ0v) is 66.2. The van der Waals surface area contributed by atoms with E-state index in [0.717, 1.165) is 120 Å². The summed E-state index contributed by atoms with van der Waals surface area (Å²) in [7, 11) is -9.92. The lowest BCUT2D eigenvalue weighted by Crippen LogP contribution is -2.30. The number of aliphatic hydroxyl groups excluding tert-OH is 1. The van der Waals surface area contributed by atoms with Crippen molar-refractivity contribution in [1.82, 2.24) is 0 Å². The lowest BCUT2D eigenvalue weighted by Gasteiger charge is -2.21. The molecule has 19 heteroatoms. The van der Waals surface area contributed by atoms with Crippen LogP contribution in [-0.2, 0) is 65.4 Å². The van der Waals surface area contributed by atoms with E-state index in [4.69, 9.17) is 37.0 Å². The number of ether oxygens (including phenoxy) is 4. The maximum atomic E-state index is 13.1. The van der Waals surface area contributed by atoms with Gasteiger partial charge >= 0.3 is 39.5 Å². The average molecular weight is 1440 g/mol. The lowest BCUT2D eigenvalue weighted by molar-refractivity contribution is -0.161. The number of aliphatic hydroxyl groups is 1. The van der Waals surface area contributed by atoms with E-state index in [-0.39, 0.29) is 25.7 Å². The van der Waals surface area contributed by atoms with Gasteiger partial charge in [0.2, 0.25) is 0 Å². The fourth-order valence-corrected chi connectivity index (χ4v) is 13.6. The minimum atomic E-state index is -4.96. The van der Waals surface area contributed by atoms with Crippen LogP contribution in [0.2, 0.25) is 0 Å². The summed E-state index contributed by atoms with van der Waals surface area (Å²) in [6, 6.07) is 0. The van der Waals surface area contributed by atoms with E-state index in [1.54, 1.807) is 0 Å². The van der Waals surface area contributed by atoms with E-state index in [9.17, 15) is 43.2 Å². The van der Waals surface area contributed by atoms with E-state index < -0.39 is 97.5 Å². The van der Waals surface area contributed by atoms with Crippen molar-refractivity contribution in [3.63, 3.8) is 0 Å². The molecule has 6 atom stereocenters. The molecule has 0 aliphatic carbocycles. The molecule has 0 aromatic carbocycles. The molecule has 0 amide bonds. The lowest BCUT2D eigenvalue weighted by atomic mass is 10.00. The van der Waals surface area contributed by atoms with Crippen LogP contribution < -0.4 is 0 Å². The Morgan fingerprint density at radius 3 is 0.724 bits per heavy atom. The number of phosphoric ester groups is 2. The Bertz CT molecular complexity index is 1920. The van der Waals surface area contributed by atoms with Crippen LogP contribution >= 0.6 is 15.6 Å². The summed E-state index contributed by atoms with van der Waals surface area (Å²) in [5, 5.41) is 10.6. The minimum absolute atomic E-state index is 0.106. The summed E-state index contributed by atoms with van der Waals surface area (Å²) in [5.41, 5.74) is 0. The predicted molar refractivity (Wildman–Crippen MR) is 400 cm³/mol. The van der Waals surface area contributed by atoms with Crippen molar-refractivity contribution in [2.45, 2.75) is 420 Å². The van der Waals surface area contributed by atoms with Crippen LogP contribution in [0.25, 0.3) is 0 Å². The van der Waals surface area contributed by atoms with Gasteiger partial charge in [-0.3, -0.25) is 37.3 Å². The van der Waals surface area contributed by atoms with Crippen molar-refractivity contribution < 1.29 is 80.2 Å². The monoisotopic (exact) mass is 1440 g/mol. The van der Waals surface area contributed by atoms with Gasteiger partial charge in [0.05, 0.1) is 26.4 Å². The second kappa shape index (κ2) is 68.2. The predicted octanol–water partition coefficient (Wildman–Crippen LogP) is 23.2. The van der Waals surface area contributed by atoms with Crippen LogP contribution in [-0.4, -0.2) is 96.7 Å². The summed E-state index contributed by atoms with van der Waals surface area (Å²) in [6.07, 6.45) is 54.1. The Morgan fingerprint density at radius 1 is 0.286 bits per heavy atom. The van der Waals surface area contributed by atoms with Crippen molar-refractivity contribution >= 4 is 39.5 Å². The summed E-state index contributed by atoms with van der Waals surface area (Å²) in [4.78, 5) is 73.0. The number of hydrogen-bond acceptors (Lipinski definition) is 15. The van der Waals surface area contributed by atoms with E-state index >= 15 is 0 Å². The Labute approximate surface area is 600 Å². The van der Waals surface area contributed by atoms with Gasteiger partial charge in [0.15, 0.2) is 12.2 Å². The van der Waals surface area contributed by atoms with Gasteiger partial charge < -0.3 is 33.8 Å². The standard InChI is InChI=1S/C79H154O17P2/c1-9-72(8)58-50-42-37-38-44-52-60-77(82)90-66-75(96-79(84)62-54-46-36-30-24-18-17-21-27-33-41-49-57-71(6)7)68-94-98(87,88)92-64-73(80)63-91-97(85,86)93-67-74(65-89-76(81)59-51-43-34-28-22-16-12-14-20-26-32-40-48-56-70(4)5)95-78(83)61-53-45-35-29-23-15-11-10-13-19-25-31-39-47-55-69(2)3/h69-75,80H,9-68H2,1-8H3,(H,85,86)(H,87,88)/t72?,73-,74-,75-/m1/s1. The normalized spacial score (nSPS) is 14.3. The maximum absolute atomic E-state index is 13.1. The smallest absolute Gasteiger partial charge is 0.462 e. The highest BCUT2D eigenvalue weighted by atomic mass is 31.2. The molecule has 582 valence electrons. The molecule has 98 heavy (non-hydrogen) atoms. The molecule has 0 bridgehead atoms. The Balaban J connectivity index is 5.26. The molecule has 0 saturated carbocycles. The van der Waals surface area contributed by atoms with Crippen LogP contribution in [0.4, 0.5) is 0 Å². The van der Waals surface area contributed by atoms with E-state index in [1.165, 1.54) is 199 Å². The fraction of sp³-hybridized carbons (Fsp3) is 0.949. The second-order valence-corrected chi connectivity index (χ2v) is 33.0. The molecule has 0 rings (SSSR count).